The van der Waals surface area contributed by atoms with Gasteiger partial charge in [-0.3, -0.25) is 0 Å². The first-order valence-electron chi connectivity index (χ1n) is 5.74. The van der Waals surface area contributed by atoms with E-state index in [-0.39, 0.29) is 11.0 Å². The van der Waals surface area contributed by atoms with E-state index in [2.05, 4.69) is 62.5 Å². The topological polar surface area (TPSA) is 12.0 Å². The van der Waals surface area contributed by atoms with Crippen LogP contribution >= 0.6 is 11.3 Å². The molecule has 0 saturated heterocycles. The molecule has 0 saturated carbocycles. The third kappa shape index (κ3) is 4.50. The van der Waals surface area contributed by atoms with Gasteiger partial charge >= 0.3 is 0 Å². The molecule has 1 N–H and O–H groups in total. The molecule has 0 spiro atoms. The van der Waals surface area contributed by atoms with Crippen molar-refractivity contribution in [2.75, 3.05) is 6.54 Å². The molecule has 90 valence electrons. The van der Waals surface area contributed by atoms with Crippen LogP contribution in [0.5, 0.6) is 0 Å². The van der Waals surface area contributed by atoms with Crippen LogP contribution in [0.15, 0.2) is 29.5 Å². The van der Waals surface area contributed by atoms with Crippen LogP contribution in [0.2, 0.25) is 0 Å². The molecule has 2 heteroatoms. The summed E-state index contributed by atoms with van der Waals surface area (Å²) >= 11 is 1.76. The molecular weight excluding hydrogens is 214 g/mol. The zero-order valence-corrected chi connectivity index (χ0v) is 11.7. The van der Waals surface area contributed by atoms with Crippen molar-refractivity contribution in [1.82, 2.24) is 5.32 Å². The minimum absolute atomic E-state index is 0.133. The molecule has 1 rings (SSSR count). The van der Waals surface area contributed by atoms with E-state index in [0.717, 1.165) is 13.0 Å². The molecule has 1 unspecified atom stereocenters. The second kappa shape index (κ2) is 5.15. The molecule has 1 nitrogen and oxygen atoms in total. The predicted octanol–water partition coefficient (Wildman–Crippen LogP) is 3.87. The van der Waals surface area contributed by atoms with E-state index < -0.39 is 0 Å². The van der Waals surface area contributed by atoms with Crippen molar-refractivity contribution in [2.45, 2.75) is 39.7 Å². The quantitative estimate of drug-likeness (QED) is 0.767. The molecular formula is C14H23NS. The predicted molar refractivity (Wildman–Crippen MR) is 74.1 cm³/mol. The smallest absolute Gasteiger partial charge is 0.00968 e. The van der Waals surface area contributed by atoms with Crippen LogP contribution in [0.25, 0.3) is 0 Å². The Morgan fingerprint density at radius 1 is 1.38 bits per heavy atom. The van der Waals surface area contributed by atoms with Gasteiger partial charge < -0.3 is 5.32 Å². The lowest BCUT2D eigenvalue weighted by Gasteiger charge is -2.31. The molecule has 1 aromatic rings. The van der Waals surface area contributed by atoms with Crippen molar-refractivity contribution in [2.24, 2.45) is 5.41 Å². The minimum atomic E-state index is 0.133. The van der Waals surface area contributed by atoms with E-state index in [4.69, 9.17) is 0 Å². The van der Waals surface area contributed by atoms with Gasteiger partial charge in [0, 0.05) is 17.5 Å². The maximum Gasteiger partial charge on any atom is 0.00968 e. The van der Waals surface area contributed by atoms with Gasteiger partial charge in [0.2, 0.25) is 0 Å². The van der Waals surface area contributed by atoms with Crippen LogP contribution in [-0.2, 0) is 6.42 Å². The lowest BCUT2D eigenvalue weighted by Crippen LogP contribution is -2.43. The third-order valence-corrected chi connectivity index (χ3v) is 3.44. The van der Waals surface area contributed by atoms with Gasteiger partial charge in [0.25, 0.3) is 0 Å². The van der Waals surface area contributed by atoms with Crippen molar-refractivity contribution < 1.29 is 0 Å². The maximum atomic E-state index is 3.98. The number of hydrogen-bond donors (Lipinski definition) is 1. The minimum Gasteiger partial charge on any atom is -0.311 e. The van der Waals surface area contributed by atoms with Gasteiger partial charge in [-0.15, -0.1) is 6.58 Å². The molecule has 0 bridgehead atoms. The van der Waals surface area contributed by atoms with Gasteiger partial charge in [-0.05, 0) is 49.6 Å². The van der Waals surface area contributed by atoms with Crippen LogP contribution in [-0.4, -0.2) is 12.1 Å². The normalized spacial score (nSPS) is 15.8. The van der Waals surface area contributed by atoms with E-state index in [0.29, 0.717) is 0 Å². The summed E-state index contributed by atoms with van der Waals surface area (Å²) in [5.74, 6) is 0. The lowest BCUT2D eigenvalue weighted by molar-refractivity contribution is 0.323. The first kappa shape index (κ1) is 13.5. The zero-order valence-electron chi connectivity index (χ0n) is 10.8. The summed E-state index contributed by atoms with van der Waals surface area (Å²) < 4.78 is 0. The largest absolute Gasteiger partial charge is 0.311 e. The van der Waals surface area contributed by atoms with E-state index in [1.54, 1.807) is 11.3 Å². The van der Waals surface area contributed by atoms with Gasteiger partial charge in [0.1, 0.15) is 0 Å². The molecule has 0 aliphatic carbocycles. The molecule has 1 aromatic heterocycles. The van der Waals surface area contributed by atoms with E-state index in [1.165, 1.54) is 5.56 Å². The summed E-state index contributed by atoms with van der Waals surface area (Å²) in [6.45, 7) is 13.8. The Morgan fingerprint density at radius 3 is 2.50 bits per heavy atom. The van der Waals surface area contributed by atoms with E-state index in [1.807, 2.05) is 0 Å². The highest BCUT2D eigenvalue weighted by Gasteiger charge is 2.23. The van der Waals surface area contributed by atoms with Crippen molar-refractivity contribution in [3.05, 3.63) is 35.0 Å². The summed E-state index contributed by atoms with van der Waals surface area (Å²) in [6, 6.07) is 2.20. The molecule has 1 atom stereocenters. The molecule has 0 amide bonds. The standard InChI is InChI=1S/C14H23NS/c1-6-14(5,11-15-13(2,3)4)9-12-7-8-16-10-12/h6-8,10,15H,1,9,11H2,2-5H3. The molecule has 0 aliphatic rings. The summed E-state index contributed by atoms with van der Waals surface area (Å²) in [4.78, 5) is 0. The fourth-order valence-corrected chi connectivity index (χ4v) is 2.20. The maximum absolute atomic E-state index is 3.98. The average molecular weight is 237 g/mol. The second-order valence-corrected chi connectivity index (χ2v) is 6.55. The van der Waals surface area contributed by atoms with Crippen molar-refractivity contribution in [1.29, 1.82) is 0 Å². The van der Waals surface area contributed by atoms with E-state index >= 15 is 0 Å². The molecule has 1 heterocycles. The van der Waals surface area contributed by atoms with Crippen LogP contribution in [0.1, 0.15) is 33.3 Å². The Balaban J connectivity index is 2.60. The third-order valence-electron chi connectivity index (χ3n) is 2.70. The first-order valence-corrected chi connectivity index (χ1v) is 6.69. The summed E-state index contributed by atoms with van der Waals surface area (Å²) in [7, 11) is 0. The number of hydrogen-bond acceptors (Lipinski definition) is 2. The van der Waals surface area contributed by atoms with Crippen LogP contribution in [0.3, 0.4) is 0 Å². The SMILES string of the molecule is C=CC(C)(CNC(C)(C)C)Cc1ccsc1. The van der Waals surface area contributed by atoms with Crippen molar-refractivity contribution >= 4 is 11.3 Å². The highest BCUT2D eigenvalue weighted by atomic mass is 32.1. The monoisotopic (exact) mass is 237 g/mol. The number of rotatable bonds is 5. The summed E-state index contributed by atoms with van der Waals surface area (Å²) in [5.41, 5.74) is 1.70. The van der Waals surface area contributed by atoms with Gasteiger partial charge in [0.15, 0.2) is 0 Å². The second-order valence-electron chi connectivity index (χ2n) is 5.77. The van der Waals surface area contributed by atoms with Gasteiger partial charge in [-0.2, -0.15) is 11.3 Å². The molecule has 0 radical (unpaired) electrons. The average Bonchev–Trinajstić information content (AvgIpc) is 2.66. The fourth-order valence-electron chi connectivity index (χ4n) is 1.53. The Hall–Kier alpha value is -0.600. The lowest BCUT2D eigenvalue weighted by atomic mass is 9.84. The molecule has 0 aliphatic heterocycles. The van der Waals surface area contributed by atoms with Crippen molar-refractivity contribution in [3.8, 4) is 0 Å². The van der Waals surface area contributed by atoms with Crippen LogP contribution in [0.4, 0.5) is 0 Å². The van der Waals surface area contributed by atoms with Crippen molar-refractivity contribution in [3.63, 3.8) is 0 Å². The Bertz CT molecular complexity index is 321. The van der Waals surface area contributed by atoms with Gasteiger partial charge in [-0.25, -0.2) is 0 Å². The van der Waals surface area contributed by atoms with E-state index in [9.17, 15) is 0 Å². The number of thiophene rings is 1. The molecule has 0 fully saturated rings. The zero-order chi connectivity index (χ0) is 12.2. The highest BCUT2D eigenvalue weighted by Crippen LogP contribution is 2.25. The fraction of sp³-hybridized carbons (Fsp3) is 0.571. The Labute approximate surface area is 104 Å². The summed E-state index contributed by atoms with van der Waals surface area (Å²) in [6.07, 6.45) is 3.13. The summed E-state index contributed by atoms with van der Waals surface area (Å²) in [5, 5.41) is 7.91. The molecule has 0 aromatic carbocycles. The highest BCUT2D eigenvalue weighted by molar-refractivity contribution is 7.07. The first-order chi connectivity index (χ1) is 7.35. The Kier molecular flexibility index (Phi) is 4.34. The van der Waals surface area contributed by atoms with Crippen LogP contribution < -0.4 is 5.32 Å². The number of nitrogens with one attached hydrogen (secondary N) is 1. The molecule has 16 heavy (non-hydrogen) atoms. The van der Waals surface area contributed by atoms with Gasteiger partial charge in [-0.1, -0.05) is 13.0 Å². The van der Waals surface area contributed by atoms with Crippen LogP contribution in [0, 0.1) is 5.41 Å². The van der Waals surface area contributed by atoms with Gasteiger partial charge in [0.05, 0.1) is 0 Å². The Morgan fingerprint density at radius 2 is 2.06 bits per heavy atom.